The smallest absolute Gasteiger partial charge is 0.250 e. The van der Waals surface area contributed by atoms with Gasteiger partial charge in [-0.1, -0.05) is 29.8 Å². The van der Waals surface area contributed by atoms with Crippen LogP contribution in [-0.4, -0.2) is 17.8 Å². The van der Waals surface area contributed by atoms with Gasteiger partial charge in [0.1, 0.15) is 11.9 Å². The van der Waals surface area contributed by atoms with Gasteiger partial charge in [0, 0.05) is 10.0 Å². The molecule has 17 heavy (non-hydrogen) atoms. The summed E-state index contributed by atoms with van der Waals surface area (Å²) < 4.78 is 1.03. The molecule has 1 amide bonds. The van der Waals surface area contributed by atoms with Crippen molar-refractivity contribution in [3.63, 3.8) is 0 Å². The van der Waals surface area contributed by atoms with Crippen LogP contribution in [0.1, 0.15) is 25.0 Å². The van der Waals surface area contributed by atoms with Crippen molar-refractivity contribution in [2.75, 3.05) is 0 Å². The van der Waals surface area contributed by atoms with Gasteiger partial charge in [-0.2, -0.15) is 0 Å². The summed E-state index contributed by atoms with van der Waals surface area (Å²) in [7, 11) is 0. The molecule has 1 N–H and O–H groups in total. The van der Waals surface area contributed by atoms with Crippen LogP contribution in [0.5, 0.6) is 0 Å². The Hall–Kier alpha value is -1.16. The summed E-state index contributed by atoms with van der Waals surface area (Å²) in [6, 6.07) is 5.70. The highest BCUT2D eigenvalue weighted by Gasteiger charge is 2.29. The van der Waals surface area contributed by atoms with E-state index >= 15 is 0 Å². The van der Waals surface area contributed by atoms with E-state index in [0.29, 0.717) is 5.84 Å². The van der Waals surface area contributed by atoms with Crippen LogP contribution in [0.15, 0.2) is 27.7 Å². The van der Waals surface area contributed by atoms with Crippen molar-refractivity contribution < 1.29 is 4.79 Å². The molecule has 0 spiro atoms. The number of halogens is 1. The van der Waals surface area contributed by atoms with Gasteiger partial charge in [0.15, 0.2) is 0 Å². The van der Waals surface area contributed by atoms with Crippen LogP contribution < -0.4 is 5.32 Å². The Morgan fingerprint density at radius 3 is 2.65 bits per heavy atom. The predicted molar refractivity (Wildman–Crippen MR) is 72.2 cm³/mol. The average molecular weight is 295 g/mol. The van der Waals surface area contributed by atoms with Crippen molar-refractivity contribution in [2.24, 2.45) is 10.9 Å². The van der Waals surface area contributed by atoms with E-state index in [9.17, 15) is 4.79 Å². The molecule has 3 nitrogen and oxygen atoms in total. The fourth-order valence-electron chi connectivity index (χ4n) is 1.90. The van der Waals surface area contributed by atoms with Gasteiger partial charge in [0.05, 0.1) is 0 Å². The van der Waals surface area contributed by atoms with E-state index in [0.717, 1.165) is 15.6 Å². The van der Waals surface area contributed by atoms with Crippen LogP contribution in [0.2, 0.25) is 0 Å². The zero-order chi connectivity index (χ0) is 12.6. The normalized spacial score (nSPS) is 19.5. The lowest BCUT2D eigenvalue weighted by atomic mass is 10.1. The maximum absolute atomic E-state index is 11.7. The molecular formula is C13H15BrN2O. The summed E-state index contributed by atoms with van der Waals surface area (Å²) in [6.07, 6.45) is 0. The molecule has 4 heteroatoms. The highest BCUT2D eigenvalue weighted by Crippen LogP contribution is 2.20. The van der Waals surface area contributed by atoms with Crippen molar-refractivity contribution in [2.45, 2.75) is 26.8 Å². The van der Waals surface area contributed by atoms with E-state index < -0.39 is 0 Å². The Balaban J connectivity index is 2.36. The maximum atomic E-state index is 11.7. The minimum Gasteiger partial charge on any atom is -0.309 e. The highest BCUT2D eigenvalue weighted by molar-refractivity contribution is 9.10. The predicted octanol–water partition coefficient (Wildman–Crippen LogP) is 2.66. The van der Waals surface area contributed by atoms with E-state index in [1.807, 2.05) is 39.0 Å². The summed E-state index contributed by atoms with van der Waals surface area (Å²) in [5.41, 5.74) is 2.09. The van der Waals surface area contributed by atoms with E-state index in [2.05, 4.69) is 26.2 Å². The Labute approximate surface area is 109 Å². The minimum absolute atomic E-state index is 0.00248. The molecular weight excluding hydrogens is 280 g/mol. The third kappa shape index (κ3) is 2.41. The number of carbonyl (C=O) groups is 1. The highest BCUT2D eigenvalue weighted by atomic mass is 79.9. The van der Waals surface area contributed by atoms with Crippen molar-refractivity contribution >= 4 is 27.7 Å². The van der Waals surface area contributed by atoms with Crippen LogP contribution in [0.3, 0.4) is 0 Å². The first kappa shape index (κ1) is 12.3. The summed E-state index contributed by atoms with van der Waals surface area (Å²) in [5, 5.41) is 2.86. The topological polar surface area (TPSA) is 41.5 Å². The van der Waals surface area contributed by atoms with Crippen LogP contribution in [-0.2, 0) is 4.79 Å². The number of aliphatic imine (C=N–C) groups is 1. The van der Waals surface area contributed by atoms with E-state index in [-0.39, 0.29) is 17.9 Å². The van der Waals surface area contributed by atoms with Crippen LogP contribution >= 0.6 is 15.9 Å². The number of hydrogen-bond donors (Lipinski definition) is 1. The third-order valence-corrected chi connectivity index (χ3v) is 3.35. The molecule has 1 aromatic carbocycles. The molecule has 0 bridgehead atoms. The molecule has 0 aromatic heterocycles. The largest absolute Gasteiger partial charge is 0.309 e. The first-order valence-electron chi connectivity index (χ1n) is 5.64. The average Bonchev–Trinajstić information content (AvgIpc) is 2.60. The molecule has 1 unspecified atom stereocenters. The third-order valence-electron chi connectivity index (χ3n) is 2.85. The number of benzene rings is 1. The molecule has 1 aromatic rings. The number of aryl methyl sites for hydroxylation is 1. The number of amidine groups is 1. The lowest BCUT2D eigenvalue weighted by Crippen LogP contribution is -2.31. The Kier molecular flexibility index (Phi) is 3.33. The molecule has 0 aliphatic carbocycles. The van der Waals surface area contributed by atoms with Gasteiger partial charge in [-0.25, -0.2) is 0 Å². The SMILES string of the molecule is Cc1cc(Br)ccc1C1=NC(C(C)C)C(=O)N1. The Morgan fingerprint density at radius 2 is 2.12 bits per heavy atom. The standard InChI is InChI=1S/C13H15BrN2O/c1-7(2)11-13(17)16-12(15-11)10-5-4-9(14)6-8(10)3/h4-7,11H,1-3H3,(H,15,16,17). The number of hydrogen-bond acceptors (Lipinski definition) is 2. The quantitative estimate of drug-likeness (QED) is 0.895. The number of nitrogens with one attached hydrogen (secondary N) is 1. The number of rotatable bonds is 2. The minimum atomic E-state index is -0.256. The van der Waals surface area contributed by atoms with Crippen LogP contribution in [0.4, 0.5) is 0 Å². The number of nitrogens with zero attached hydrogens (tertiary/aromatic N) is 1. The molecule has 1 aliphatic rings. The van der Waals surface area contributed by atoms with Crippen LogP contribution in [0.25, 0.3) is 0 Å². The zero-order valence-electron chi connectivity index (χ0n) is 10.1. The Bertz CT molecular complexity index is 494. The first-order valence-corrected chi connectivity index (χ1v) is 6.43. The fraction of sp³-hybridized carbons (Fsp3) is 0.385. The summed E-state index contributed by atoms with van der Waals surface area (Å²) in [6.45, 7) is 6.02. The molecule has 0 saturated heterocycles. The van der Waals surface area contributed by atoms with E-state index in [4.69, 9.17) is 0 Å². The van der Waals surface area contributed by atoms with E-state index in [1.165, 1.54) is 0 Å². The van der Waals surface area contributed by atoms with E-state index in [1.54, 1.807) is 0 Å². The molecule has 1 heterocycles. The van der Waals surface area contributed by atoms with Gasteiger partial charge in [-0.15, -0.1) is 0 Å². The number of carbonyl (C=O) groups excluding carboxylic acids is 1. The van der Waals surface area contributed by atoms with Crippen molar-refractivity contribution in [1.29, 1.82) is 0 Å². The van der Waals surface area contributed by atoms with Gasteiger partial charge >= 0.3 is 0 Å². The first-order chi connectivity index (χ1) is 7.99. The van der Waals surface area contributed by atoms with Crippen LogP contribution in [0, 0.1) is 12.8 Å². The lowest BCUT2D eigenvalue weighted by Gasteiger charge is -2.06. The Morgan fingerprint density at radius 1 is 1.41 bits per heavy atom. The van der Waals surface area contributed by atoms with Gasteiger partial charge < -0.3 is 5.32 Å². The molecule has 1 aliphatic heterocycles. The number of amides is 1. The molecule has 0 radical (unpaired) electrons. The van der Waals surface area contributed by atoms with Gasteiger partial charge in [0.25, 0.3) is 5.91 Å². The summed E-state index contributed by atoms with van der Waals surface area (Å²) in [4.78, 5) is 16.2. The van der Waals surface area contributed by atoms with Crippen molar-refractivity contribution in [3.05, 3.63) is 33.8 Å². The molecule has 2 rings (SSSR count). The van der Waals surface area contributed by atoms with Gasteiger partial charge in [-0.05, 0) is 36.6 Å². The molecule has 90 valence electrons. The summed E-state index contributed by atoms with van der Waals surface area (Å²) in [5.74, 6) is 0.916. The zero-order valence-corrected chi connectivity index (χ0v) is 11.7. The maximum Gasteiger partial charge on any atom is 0.250 e. The molecule has 0 fully saturated rings. The second-order valence-corrected chi connectivity index (χ2v) is 5.53. The van der Waals surface area contributed by atoms with Crippen molar-refractivity contribution in [1.82, 2.24) is 5.32 Å². The second kappa shape index (κ2) is 4.61. The summed E-state index contributed by atoms with van der Waals surface area (Å²) >= 11 is 3.42. The second-order valence-electron chi connectivity index (χ2n) is 4.62. The van der Waals surface area contributed by atoms with Gasteiger partial charge in [-0.3, -0.25) is 9.79 Å². The monoisotopic (exact) mass is 294 g/mol. The fourth-order valence-corrected chi connectivity index (χ4v) is 2.38. The van der Waals surface area contributed by atoms with Gasteiger partial charge in [0.2, 0.25) is 0 Å². The molecule has 0 saturated carbocycles. The van der Waals surface area contributed by atoms with Crippen molar-refractivity contribution in [3.8, 4) is 0 Å². The lowest BCUT2D eigenvalue weighted by molar-refractivity contribution is -0.120. The molecule has 1 atom stereocenters.